The normalized spacial score (nSPS) is 14.2. The minimum absolute atomic E-state index is 0.108. The molecule has 0 aromatic heterocycles. The molecule has 0 heterocycles. The number of hydrogen-bond donors (Lipinski definition) is 9. The van der Waals surface area contributed by atoms with E-state index in [9.17, 15) is 33.9 Å². The highest BCUT2D eigenvalue weighted by Gasteiger charge is 2.30. The summed E-state index contributed by atoms with van der Waals surface area (Å²) in [6.07, 6.45) is -0.503. The Kier molecular flexibility index (Phi) is 14.7. The molecule has 15 heteroatoms. The molecule has 34 heavy (non-hydrogen) atoms. The van der Waals surface area contributed by atoms with Gasteiger partial charge in [0.05, 0.1) is 6.61 Å². The van der Waals surface area contributed by atoms with Crippen LogP contribution in [0.1, 0.15) is 44.9 Å². The number of carboxylic acid groups (broad SMARTS) is 2. The van der Waals surface area contributed by atoms with Crippen molar-refractivity contribution in [2.75, 3.05) is 13.2 Å². The summed E-state index contributed by atoms with van der Waals surface area (Å²) in [6.45, 7) is -0.349. The molecule has 0 spiro atoms. The summed E-state index contributed by atoms with van der Waals surface area (Å²) in [6, 6.07) is -5.44. The molecule has 0 rings (SSSR count). The second-order valence-electron chi connectivity index (χ2n) is 7.53. The van der Waals surface area contributed by atoms with Crippen molar-refractivity contribution in [3.05, 3.63) is 0 Å². The smallest absolute Gasteiger partial charge is 0.326 e. The van der Waals surface area contributed by atoms with E-state index in [1.54, 1.807) is 0 Å². The SMILES string of the molecule is NCCCCC(NC(=O)C(N)CO)C(=O)NC(CCC(=O)O)C(=O)NC(CCC(N)=O)C(=O)O. The molecule has 4 amide bonds. The van der Waals surface area contributed by atoms with Gasteiger partial charge in [-0.3, -0.25) is 24.0 Å². The predicted molar refractivity (Wildman–Crippen MR) is 117 cm³/mol. The zero-order chi connectivity index (χ0) is 26.3. The Bertz CT molecular complexity index is 733. The Morgan fingerprint density at radius 1 is 0.735 bits per heavy atom. The summed E-state index contributed by atoms with van der Waals surface area (Å²) in [5.74, 6) is -6.16. The molecule has 0 aromatic carbocycles. The molecule has 0 aliphatic rings. The van der Waals surface area contributed by atoms with Crippen molar-refractivity contribution in [1.82, 2.24) is 16.0 Å². The number of carbonyl (C=O) groups excluding carboxylic acids is 4. The van der Waals surface area contributed by atoms with Crippen LogP contribution in [0.25, 0.3) is 0 Å². The first-order valence-electron chi connectivity index (χ1n) is 10.6. The molecule has 0 saturated heterocycles. The molecule has 0 aliphatic heterocycles. The first-order valence-corrected chi connectivity index (χ1v) is 10.6. The molecule has 0 bridgehead atoms. The molecule has 4 unspecified atom stereocenters. The lowest BCUT2D eigenvalue weighted by atomic mass is 10.0. The first-order chi connectivity index (χ1) is 15.9. The van der Waals surface area contributed by atoms with Gasteiger partial charge in [0.1, 0.15) is 24.2 Å². The second kappa shape index (κ2) is 16.3. The summed E-state index contributed by atoms with van der Waals surface area (Å²) < 4.78 is 0. The van der Waals surface area contributed by atoms with Crippen LogP contribution in [0.3, 0.4) is 0 Å². The van der Waals surface area contributed by atoms with E-state index in [1.165, 1.54) is 0 Å². The van der Waals surface area contributed by atoms with Crippen LogP contribution in [-0.4, -0.2) is 88.2 Å². The van der Waals surface area contributed by atoms with Gasteiger partial charge in [0.15, 0.2) is 0 Å². The Morgan fingerprint density at radius 3 is 1.71 bits per heavy atom. The summed E-state index contributed by atoms with van der Waals surface area (Å²) in [7, 11) is 0. The zero-order valence-corrected chi connectivity index (χ0v) is 18.7. The fraction of sp³-hybridized carbons (Fsp3) is 0.684. The maximum Gasteiger partial charge on any atom is 0.326 e. The average molecular weight is 491 g/mol. The van der Waals surface area contributed by atoms with E-state index in [1.807, 2.05) is 0 Å². The van der Waals surface area contributed by atoms with Crippen LogP contribution in [-0.2, 0) is 28.8 Å². The van der Waals surface area contributed by atoms with E-state index in [0.717, 1.165) is 0 Å². The number of primary amides is 1. The van der Waals surface area contributed by atoms with Gasteiger partial charge in [0.2, 0.25) is 23.6 Å². The maximum atomic E-state index is 12.8. The van der Waals surface area contributed by atoms with Crippen molar-refractivity contribution in [2.24, 2.45) is 17.2 Å². The third-order valence-corrected chi connectivity index (χ3v) is 4.69. The second-order valence-corrected chi connectivity index (χ2v) is 7.53. The number of nitrogens with two attached hydrogens (primary N) is 3. The van der Waals surface area contributed by atoms with Gasteiger partial charge in [-0.15, -0.1) is 0 Å². The molecule has 0 fully saturated rings. The molecule has 0 aliphatic carbocycles. The number of unbranched alkanes of at least 4 members (excludes halogenated alkanes) is 1. The number of carbonyl (C=O) groups is 6. The molecule has 0 saturated carbocycles. The molecule has 15 nitrogen and oxygen atoms in total. The Balaban J connectivity index is 5.53. The van der Waals surface area contributed by atoms with E-state index in [4.69, 9.17) is 27.4 Å². The average Bonchev–Trinajstić information content (AvgIpc) is 2.77. The van der Waals surface area contributed by atoms with Crippen molar-refractivity contribution in [2.45, 2.75) is 69.1 Å². The van der Waals surface area contributed by atoms with Crippen molar-refractivity contribution < 1.29 is 44.1 Å². The molecule has 4 atom stereocenters. The molecular weight excluding hydrogens is 456 g/mol. The third-order valence-electron chi connectivity index (χ3n) is 4.69. The standard InChI is InChI=1S/C19H34N6O9/c20-8-2-1-3-11(23-16(30)10(21)9-26)17(31)24-12(5-7-15(28)29)18(32)25-13(19(33)34)4-6-14(22)27/h10-13,26H,1-9,20-21H2,(H2,22,27)(H,23,30)(H,24,31)(H,25,32)(H,28,29)(H,33,34). The number of nitrogens with one attached hydrogen (secondary N) is 3. The number of carboxylic acids is 2. The topological polar surface area (TPSA) is 277 Å². The highest BCUT2D eigenvalue weighted by Crippen LogP contribution is 2.06. The number of rotatable bonds is 18. The fourth-order valence-corrected chi connectivity index (χ4v) is 2.75. The molecular formula is C19H34N6O9. The van der Waals surface area contributed by atoms with Crippen molar-refractivity contribution in [3.8, 4) is 0 Å². The van der Waals surface area contributed by atoms with E-state index in [-0.39, 0.29) is 25.7 Å². The van der Waals surface area contributed by atoms with Gasteiger partial charge >= 0.3 is 11.9 Å². The maximum absolute atomic E-state index is 12.8. The van der Waals surface area contributed by atoms with Crippen LogP contribution < -0.4 is 33.2 Å². The largest absolute Gasteiger partial charge is 0.481 e. The number of aliphatic hydroxyl groups is 1. The van der Waals surface area contributed by atoms with Crippen molar-refractivity contribution >= 4 is 35.6 Å². The summed E-state index contributed by atoms with van der Waals surface area (Å²) in [4.78, 5) is 70.8. The van der Waals surface area contributed by atoms with Gasteiger partial charge in [-0.1, -0.05) is 0 Å². The lowest BCUT2D eigenvalue weighted by molar-refractivity contribution is -0.143. The van der Waals surface area contributed by atoms with Gasteiger partial charge in [-0.05, 0) is 38.6 Å². The lowest BCUT2D eigenvalue weighted by Gasteiger charge is -2.25. The van der Waals surface area contributed by atoms with E-state index in [0.29, 0.717) is 19.4 Å². The van der Waals surface area contributed by atoms with Crippen LogP contribution in [0.5, 0.6) is 0 Å². The van der Waals surface area contributed by atoms with Gasteiger partial charge < -0.3 is 48.5 Å². The zero-order valence-electron chi connectivity index (χ0n) is 18.7. The fourth-order valence-electron chi connectivity index (χ4n) is 2.75. The van der Waals surface area contributed by atoms with Crippen LogP contribution in [0.15, 0.2) is 0 Å². The monoisotopic (exact) mass is 490 g/mol. The Morgan fingerprint density at radius 2 is 1.24 bits per heavy atom. The molecule has 0 aromatic rings. The molecule has 12 N–H and O–H groups in total. The van der Waals surface area contributed by atoms with Gasteiger partial charge in [-0.2, -0.15) is 0 Å². The van der Waals surface area contributed by atoms with Gasteiger partial charge in [-0.25, -0.2) is 4.79 Å². The lowest BCUT2D eigenvalue weighted by Crippen LogP contribution is -2.57. The van der Waals surface area contributed by atoms with E-state index < -0.39 is 72.8 Å². The highest BCUT2D eigenvalue weighted by atomic mass is 16.4. The van der Waals surface area contributed by atoms with Crippen LogP contribution in [0.2, 0.25) is 0 Å². The molecule has 0 radical (unpaired) electrons. The van der Waals surface area contributed by atoms with E-state index in [2.05, 4.69) is 16.0 Å². The first kappa shape index (κ1) is 30.7. The molecule has 194 valence electrons. The minimum Gasteiger partial charge on any atom is -0.481 e. The predicted octanol–water partition coefficient (Wildman–Crippen LogP) is -3.90. The number of aliphatic carboxylic acids is 2. The Hall–Kier alpha value is -3.30. The van der Waals surface area contributed by atoms with Gasteiger partial charge in [0, 0.05) is 12.8 Å². The quantitative estimate of drug-likeness (QED) is 0.0837. The van der Waals surface area contributed by atoms with Crippen LogP contribution in [0, 0.1) is 0 Å². The van der Waals surface area contributed by atoms with Crippen LogP contribution >= 0.6 is 0 Å². The number of aliphatic hydroxyl groups excluding tert-OH is 1. The summed E-state index contributed by atoms with van der Waals surface area (Å²) >= 11 is 0. The van der Waals surface area contributed by atoms with E-state index >= 15 is 0 Å². The van der Waals surface area contributed by atoms with Crippen molar-refractivity contribution in [3.63, 3.8) is 0 Å². The van der Waals surface area contributed by atoms with Gasteiger partial charge in [0.25, 0.3) is 0 Å². The minimum atomic E-state index is -1.51. The third kappa shape index (κ3) is 12.7. The Labute approximate surface area is 195 Å². The van der Waals surface area contributed by atoms with Crippen LogP contribution in [0.4, 0.5) is 0 Å². The van der Waals surface area contributed by atoms with Crippen molar-refractivity contribution in [1.29, 1.82) is 0 Å². The summed E-state index contributed by atoms with van der Waals surface area (Å²) in [5.41, 5.74) is 15.9. The number of hydrogen-bond acceptors (Lipinski definition) is 9. The summed E-state index contributed by atoms with van der Waals surface area (Å²) in [5, 5.41) is 34.1. The number of amides is 4. The highest BCUT2D eigenvalue weighted by molar-refractivity contribution is 5.94.